The summed E-state index contributed by atoms with van der Waals surface area (Å²) in [6.45, 7) is 7.59. The zero-order valence-electron chi connectivity index (χ0n) is 14.9. The lowest BCUT2D eigenvalue weighted by Gasteiger charge is -2.45. The first-order valence-corrected chi connectivity index (χ1v) is 9.94. The van der Waals surface area contributed by atoms with Crippen molar-refractivity contribution in [1.29, 1.82) is 0 Å². The molecule has 1 atom stereocenters. The molecular weight excluding hydrogens is 357 g/mol. The van der Waals surface area contributed by atoms with E-state index in [1.165, 1.54) is 24.8 Å². The van der Waals surface area contributed by atoms with E-state index in [0.717, 1.165) is 39.1 Å². The van der Waals surface area contributed by atoms with Crippen LogP contribution in [0.5, 0.6) is 0 Å². The topological polar surface area (TPSA) is 35.6 Å². The van der Waals surface area contributed by atoms with Crippen LogP contribution in [0.2, 0.25) is 10.0 Å². The molecule has 0 saturated carbocycles. The first-order chi connectivity index (χ1) is 12.0. The van der Waals surface area contributed by atoms with Crippen LogP contribution in [0, 0.1) is 0 Å². The van der Waals surface area contributed by atoms with E-state index in [4.69, 9.17) is 23.2 Å². The zero-order chi connectivity index (χ0) is 17.9. The number of hydrogen-bond acceptors (Lipinski definition) is 3. The van der Waals surface area contributed by atoms with Crippen LogP contribution in [0.4, 0.5) is 0 Å². The molecule has 25 heavy (non-hydrogen) atoms. The molecule has 3 rings (SSSR count). The molecule has 2 fully saturated rings. The minimum absolute atomic E-state index is 0.0947. The van der Waals surface area contributed by atoms with E-state index in [1.54, 1.807) is 0 Å². The largest absolute Gasteiger partial charge is 0.354 e. The van der Waals surface area contributed by atoms with Crippen LogP contribution in [-0.4, -0.2) is 55.0 Å². The molecule has 0 spiro atoms. The molecule has 2 aliphatic rings. The van der Waals surface area contributed by atoms with Crippen molar-refractivity contribution in [2.24, 2.45) is 0 Å². The average Bonchev–Trinajstić information content (AvgIpc) is 2.63. The molecule has 2 heterocycles. The van der Waals surface area contributed by atoms with Crippen molar-refractivity contribution in [1.82, 2.24) is 15.1 Å². The fourth-order valence-corrected chi connectivity index (χ4v) is 4.26. The Hall–Kier alpha value is -0.810. The van der Waals surface area contributed by atoms with Gasteiger partial charge in [0.05, 0.1) is 16.6 Å². The second-order valence-electron chi connectivity index (χ2n) is 7.33. The van der Waals surface area contributed by atoms with Crippen LogP contribution in [-0.2, 0) is 10.3 Å². The summed E-state index contributed by atoms with van der Waals surface area (Å²) in [6.07, 6.45) is 4.75. The predicted octanol–water partition coefficient (Wildman–Crippen LogP) is 3.52. The van der Waals surface area contributed by atoms with Gasteiger partial charge in [0, 0.05) is 25.2 Å². The summed E-state index contributed by atoms with van der Waals surface area (Å²) in [5, 5.41) is 4.10. The monoisotopic (exact) mass is 383 g/mol. The number of benzene rings is 1. The highest BCUT2D eigenvalue weighted by atomic mass is 35.5. The minimum atomic E-state index is -0.0947. The molecule has 2 aliphatic heterocycles. The highest BCUT2D eigenvalue weighted by molar-refractivity contribution is 6.42. The van der Waals surface area contributed by atoms with E-state index in [9.17, 15) is 4.79 Å². The Morgan fingerprint density at radius 1 is 1.12 bits per heavy atom. The average molecular weight is 384 g/mol. The third kappa shape index (κ3) is 4.48. The zero-order valence-corrected chi connectivity index (χ0v) is 16.4. The maximum absolute atomic E-state index is 11.7. The van der Waals surface area contributed by atoms with Crippen molar-refractivity contribution in [3.8, 4) is 0 Å². The maximum atomic E-state index is 11.7. The summed E-state index contributed by atoms with van der Waals surface area (Å²) >= 11 is 12.4. The fraction of sp³-hybridized carbons (Fsp3) is 0.632. The normalized spacial score (nSPS) is 22.4. The number of carbonyl (C=O) groups excluding carboxylic acids is 1. The molecule has 1 unspecified atom stereocenters. The molecule has 0 radical (unpaired) electrons. The smallest absolute Gasteiger partial charge is 0.234 e. The fourth-order valence-electron chi connectivity index (χ4n) is 3.96. The number of hydrogen-bond donors (Lipinski definition) is 1. The van der Waals surface area contributed by atoms with Gasteiger partial charge >= 0.3 is 0 Å². The van der Waals surface area contributed by atoms with Gasteiger partial charge in [-0.1, -0.05) is 35.7 Å². The Balaban J connectivity index is 1.80. The van der Waals surface area contributed by atoms with Crippen molar-refractivity contribution in [3.63, 3.8) is 0 Å². The lowest BCUT2D eigenvalue weighted by Crippen LogP contribution is -2.51. The number of nitrogens with zero attached hydrogens (tertiary/aromatic N) is 2. The summed E-state index contributed by atoms with van der Waals surface area (Å²) < 4.78 is 0. The number of carbonyl (C=O) groups is 1. The van der Waals surface area contributed by atoms with Crippen LogP contribution >= 0.6 is 23.2 Å². The van der Waals surface area contributed by atoms with Gasteiger partial charge in [-0.05, 0) is 57.0 Å². The number of piperidine rings is 1. The van der Waals surface area contributed by atoms with E-state index in [2.05, 4.69) is 28.1 Å². The van der Waals surface area contributed by atoms with Crippen molar-refractivity contribution >= 4 is 29.1 Å². The Morgan fingerprint density at radius 3 is 2.56 bits per heavy atom. The highest BCUT2D eigenvalue weighted by Gasteiger charge is 2.35. The van der Waals surface area contributed by atoms with Gasteiger partial charge in [-0.15, -0.1) is 0 Å². The van der Waals surface area contributed by atoms with Crippen LogP contribution < -0.4 is 5.32 Å². The van der Waals surface area contributed by atoms with Gasteiger partial charge in [-0.3, -0.25) is 14.6 Å². The van der Waals surface area contributed by atoms with E-state index in [0.29, 0.717) is 16.6 Å². The summed E-state index contributed by atoms with van der Waals surface area (Å²) in [5.74, 6) is 0.125. The van der Waals surface area contributed by atoms with E-state index in [1.807, 2.05) is 12.1 Å². The van der Waals surface area contributed by atoms with Crippen LogP contribution in [0.3, 0.4) is 0 Å². The van der Waals surface area contributed by atoms with Crippen LogP contribution in [0.1, 0.15) is 38.2 Å². The molecule has 138 valence electrons. The maximum Gasteiger partial charge on any atom is 0.234 e. The minimum Gasteiger partial charge on any atom is -0.354 e. The summed E-state index contributed by atoms with van der Waals surface area (Å²) in [6, 6.07) is 6.02. The van der Waals surface area contributed by atoms with Crippen LogP contribution in [0.25, 0.3) is 0 Å². The number of piperazine rings is 1. The molecule has 0 bridgehead atoms. The summed E-state index contributed by atoms with van der Waals surface area (Å²) in [4.78, 5) is 16.5. The molecule has 2 saturated heterocycles. The lowest BCUT2D eigenvalue weighted by molar-refractivity contribution is -0.124. The second-order valence-corrected chi connectivity index (χ2v) is 8.14. The molecule has 1 N–H and O–H groups in total. The molecule has 0 aliphatic carbocycles. The molecule has 4 nitrogen and oxygen atoms in total. The lowest BCUT2D eigenvalue weighted by atomic mass is 9.85. The number of amides is 1. The van der Waals surface area contributed by atoms with Crippen molar-refractivity contribution in [3.05, 3.63) is 33.8 Å². The van der Waals surface area contributed by atoms with Gasteiger partial charge < -0.3 is 5.32 Å². The van der Waals surface area contributed by atoms with Gasteiger partial charge in [-0.25, -0.2) is 0 Å². The van der Waals surface area contributed by atoms with Gasteiger partial charge in [0.2, 0.25) is 5.91 Å². The third-order valence-corrected chi connectivity index (χ3v) is 6.37. The van der Waals surface area contributed by atoms with Gasteiger partial charge in [0.15, 0.2) is 0 Å². The molecule has 1 amide bonds. The molecular formula is C19H27Cl2N3O. The number of likely N-dealkylation sites (tertiary alicyclic amines) is 1. The Morgan fingerprint density at radius 2 is 1.88 bits per heavy atom. The third-order valence-electron chi connectivity index (χ3n) is 5.63. The summed E-state index contributed by atoms with van der Waals surface area (Å²) in [7, 11) is 0. The molecule has 0 aromatic heterocycles. The van der Waals surface area contributed by atoms with Crippen molar-refractivity contribution in [2.45, 2.75) is 38.1 Å². The Bertz CT molecular complexity index is 619. The number of halogens is 2. The second kappa shape index (κ2) is 8.26. The van der Waals surface area contributed by atoms with E-state index in [-0.39, 0.29) is 11.4 Å². The Kier molecular flexibility index (Phi) is 6.26. The predicted molar refractivity (Wildman–Crippen MR) is 103 cm³/mol. The van der Waals surface area contributed by atoms with E-state index < -0.39 is 0 Å². The number of rotatable bonds is 5. The summed E-state index contributed by atoms with van der Waals surface area (Å²) in [5.41, 5.74) is 1.12. The first kappa shape index (κ1) is 19.0. The quantitative estimate of drug-likeness (QED) is 0.844. The van der Waals surface area contributed by atoms with Gasteiger partial charge in [0.1, 0.15) is 0 Å². The SMILES string of the molecule is CC(CCN1CCNC(=O)C1)(c1ccc(Cl)c(Cl)c1)N1CCCCC1. The number of nitrogens with one attached hydrogen (secondary N) is 1. The first-order valence-electron chi connectivity index (χ1n) is 9.19. The molecule has 1 aromatic carbocycles. The van der Waals surface area contributed by atoms with E-state index >= 15 is 0 Å². The molecule has 6 heteroatoms. The van der Waals surface area contributed by atoms with Gasteiger partial charge in [-0.2, -0.15) is 0 Å². The van der Waals surface area contributed by atoms with Crippen LogP contribution in [0.15, 0.2) is 18.2 Å². The highest BCUT2D eigenvalue weighted by Crippen LogP contribution is 2.37. The van der Waals surface area contributed by atoms with Crippen molar-refractivity contribution < 1.29 is 4.79 Å². The molecule has 1 aromatic rings. The van der Waals surface area contributed by atoms with Crippen molar-refractivity contribution in [2.75, 3.05) is 39.3 Å². The Labute approximate surface area is 160 Å². The van der Waals surface area contributed by atoms with Gasteiger partial charge in [0.25, 0.3) is 0 Å². The standard InChI is InChI=1S/C19H27Cl2N3O/c1-19(24-9-3-2-4-10-24,15-5-6-16(20)17(21)13-15)7-11-23-12-8-22-18(25)14-23/h5-6,13H,2-4,7-12,14H2,1H3,(H,22,25).